The van der Waals surface area contributed by atoms with Gasteiger partial charge >= 0.3 is 0 Å². The van der Waals surface area contributed by atoms with Crippen molar-refractivity contribution in [3.63, 3.8) is 0 Å². The maximum absolute atomic E-state index is 6.16. The lowest BCUT2D eigenvalue weighted by atomic mass is 10.4. The van der Waals surface area contributed by atoms with Crippen LogP contribution in [0, 0.1) is 0 Å². The summed E-state index contributed by atoms with van der Waals surface area (Å²) < 4.78 is 5.09. The predicted octanol–water partition coefficient (Wildman–Crippen LogP) is 4.02. The lowest BCUT2D eigenvalue weighted by molar-refractivity contribution is 0.256. The molecule has 0 aliphatic rings. The Morgan fingerprint density at radius 3 is 2.64 bits per heavy atom. The number of hydrogen-bond donors (Lipinski definition) is 0. The molecule has 0 aliphatic heterocycles. The average molecular weight is 249 g/mol. The summed E-state index contributed by atoms with van der Waals surface area (Å²) in [6, 6.07) is 9.82. The van der Waals surface area contributed by atoms with Crippen molar-refractivity contribution in [2.45, 2.75) is 6.92 Å². The molecule has 1 atom stereocenters. The summed E-state index contributed by atoms with van der Waals surface area (Å²) >= 11 is 12.0. The molecule has 0 radical (unpaired) electrons. The van der Waals surface area contributed by atoms with Crippen LogP contribution in [0.5, 0.6) is 0 Å². The first-order chi connectivity index (χ1) is 6.74. The summed E-state index contributed by atoms with van der Waals surface area (Å²) in [6.45, 7) is 2.44. The highest BCUT2D eigenvalue weighted by molar-refractivity contribution is 7.92. The van der Waals surface area contributed by atoms with Crippen LogP contribution in [0.15, 0.2) is 41.4 Å². The largest absolute Gasteiger partial charge is 0.483 e. The number of hydrogen-bond acceptors (Lipinski definition) is 1. The molecule has 0 saturated heterocycles. The van der Waals surface area contributed by atoms with Crippen molar-refractivity contribution in [2.24, 2.45) is 0 Å². The van der Waals surface area contributed by atoms with E-state index >= 15 is 0 Å². The average Bonchev–Trinajstić information content (AvgIpc) is 2.19. The van der Waals surface area contributed by atoms with Crippen LogP contribution in [-0.4, -0.2) is 6.61 Å². The van der Waals surface area contributed by atoms with Crippen LogP contribution >= 0.6 is 30.1 Å². The SMILES string of the molecule is CCO/C(Cl)=C\P(Cl)c1ccccc1. The standard InChI is InChI=1S/C10H11Cl2OP/c1-2-13-10(11)8-14(12)9-6-4-3-5-7-9/h3-8H,2H2,1H3/b10-8-. The molecule has 1 aromatic carbocycles. The van der Waals surface area contributed by atoms with E-state index in [4.69, 9.17) is 27.6 Å². The second-order valence-electron chi connectivity index (χ2n) is 2.51. The molecule has 0 aromatic heterocycles. The quantitative estimate of drug-likeness (QED) is 0.578. The van der Waals surface area contributed by atoms with Crippen molar-refractivity contribution in [3.8, 4) is 0 Å². The topological polar surface area (TPSA) is 9.23 Å². The van der Waals surface area contributed by atoms with Crippen LogP contribution in [-0.2, 0) is 4.74 Å². The Balaban J connectivity index is 2.67. The van der Waals surface area contributed by atoms with Gasteiger partial charge in [0, 0.05) is 13.1 Å². The van der Waals surface area contributed by atoms with E-state index in [-0.39, 0.29) is 0 Å². The first-order valence-electron chi connectivity index (χ1n) is 4.24. The van der Waals surface area contributed by atoms with Crippen LogP contribution in [0.4, 0.5) is 0 Å². The molecular weight excluding hydrogens is 238 g/mol. The molecular formula is C10H11Cl2OP. The van der Waals surface area contributed by atoms with Gasteiger partial charge in [-0.3, -0.25) is 0 Å². The third-order valence-electron chi connectivity index (χ3n) is 1.50. The van der Waals surface area contributed by atoms with Gasteiger partial charge in [-0.2, -0.15) is 0 Å². The van der Waals surface area contributed by atoms with Gasteiger partial charge < -0.3 is 4.74 Å². The lowest BCUT2D eigenvalue weighted by Gasteiger charge is -2.05. The normalized spacial score (nSPS) is 13.8. The van der Waals surface area contributed by atoms with Gasteiger partial charge in [-0.1, -0.05) is 41.6 Å². The molecule has 0 bridgehead atoms. The molecule has 1 nitrogen and oxygen atoms in total. The molecule has 14 heavy (non-hydrogen) atoms. The monoisotopic (exact) mass is 248 g/mol. The fourth-order valence-electron chi connectivity index (χ4n) is 0.909. The van der Waals surface area contributed by atoms with Crippen LogP contribution in [0.25, 0.3) is 0 Å². The Bertz CT molecular complexity index is 300. The van der Waals surface area contributed by atoms with Gasteiger partial charge in [0.15, 0.2) is 5.22 Å². The van der Waals surface area contributed by atoms with E-state index < -0.39 is 7.27 Å². The molecule has 0 spiro atoms. The number of benzene rings is 1. The minimum absolute atomic E-state index is 0.373. The fourth-order valence-corrected chi connectivity index (χ4v) is 2.92. The van der Waals surface area contributed by atoms with E-state index in [0.29, 0.717) is 11.8 Å². The summed E-state index contributed by atoms with van der Waals surface area (Å²) in [7, 11) is -0.873. The van der Waals surface area contributed by atoms with Crippen molar-refractivity contribution in [1.82, 2.24) is 0 Å². The Hall–Kier alpha value is -0.230. The zero-order chi connectivity index (χ0) is 10.4. The van der Waals surface area contributed by atoms with Crippen molar-refractivity contribution in [2.75, 3.05) is 6.61 Å². The van der Waals surface area contributed by atoms with Crippen molar-refractivity contribution < 1.29 is 4.74 Å². The summed E-state index contributed by atoms with van der Waals surface area (Å²) in [5, 5.41) is 1.44. The summed E-state index contributed by atoms with van der Waals surface area (Å²) in [5.41, 5.74) is 0. The third kappa shape index (κ3) is 3.88. The first-order valence-corrected chi connectivity index (χ1v) is 6.93. The van der Waals surface area contributed by atoms with Crippen LogP contribution in [0.1, 0.15) is 6.92 Å². The second-order valence-corrected chi connectivity index (χ2v) is 5.38. The van der Waals surface area contributed by atoms with E-state index in [9.17, 15) is 0 Å². The maximum Gasteiger partial charge on any atom is 0.188 e. The molecule has 0 aliphatic carbocycles. The molecule has 4 heteroatoms. The molecule has 76 valence electrons. The zero-order valence-corrected chi connectivity index (χ0v) is 10.2. The minimum Gasteiger partial charge on any atom is -0.483 e. The zero-order valence-electron chi connectivity index (χ0n) is 7.78. The summed E-state index contributed by atoms with van der Waals surface area (Å²) in [4.78, 5) is 0. The maximum atomic E-state index is 6.16. The van der Waals surface area contributed by atoms with Gasteiger partial charge in [0.2, 0.25) is 0 Å². The summed E-state index contributed by atoms with van der Waals surface area (Å²) in [5.74, 6) is 1.75. The highest BCUT2D eigenvalue weighted by Gasteiger charge is 2.05. The molecule has 1 rings (SSSR count). The Labute approximate surface area is 95.2 Å². The number of rotatable bonds is 4. The van der Waals surface area contributed by atoms with Gasteiger partial charge in [0.05, 0.1) is 6.61 Å². The molecule has 0 amide bonds. The van der Waals surface area contributed by atoms with Gasteiger partial charge in [0.1, 0.15) is 0 Å². The van der Waals surface area contributed by atoms with E-state index in [1.54, 1.807) is 5.82 Å². The van der Waals surface area contributed by atoms with E-state index in [2.05, 4.69) is 0 Å². The Morgan fingerprint density at radius 1 is 1.43 bits per heavy atom. The van der Waals surface area contributed by atoms with Crippen molar-refractivity contribution in [1.29, 1.82) is 0 Å². The van der Waals surface area contributed by atoms with Crippen LogP contribution in [0.2, 0.25) is 0 Å². The molecule has 0 fully saturated rings. The highest BCUT2D eigenvalue weighted by Crippen LogP contribution is 2.43. The lowest BCUT2D eigenvalue weighted by Crippen LogP contribution is -1.94. The third-order valence-corrected chi connectivity index (χ3v) is 4.00. The number of halogens is 2. The van der Waals surface area contributed by atoms with Crippen molar-refractivity contribution in [3.05, 3.63) is 41.4 Å². The van der Waals surface area contributed by atoms with E-state index in [1.807, 2.05) is 37.3 Å². The fraction of sp³-hybridized carbons (Fsp3) is 0.200. The summed E-state index contributed by atoms with van der Waals surface area (Å²) in [6.07, 6.45) is 0. The van der Waals surface area contributed by atoms with Crippen LogP contribution < -0.4 is 5.30 Å². The molecule has 0 saturated carbocycles. The Morgan fingerprint density at radius 2 is 2.07 bits per heavy atom. The molecule has 0 N–H and O–H groups in total. The molecule has 1 unspecified atom stereocenters. The minimum atomic E-state index is -0.873. The van der Waals surface area contributed by atoms with Gasteiger partial charge in [-0.15, -0.1) is 0 Å². The Kier molecular flexibility index (Phi) is 5.32. The molecule has 1 aromatic rings. The molecule has 0 heterocycles. The predicted molar refractivity (Wildman–Crippen MR) is 64.4 cm³/mol. The van der Waals surface area contributed by atoms with Gasteiger partial charge in [-0.25, -0.2) is 0 Å². The smallest absolute Gasteiger partial charge is 0.188 e. The van der Waals surface area contributed by atoms with Crippen LogP contribution in [0.3, 0.4) is 0 Å². The number of ether oxygens (including phenoxy) is 1. The van der Waals surface area contributed by atoms with Crippen molar-refractivity contribution >= 4 is 35.4 Å². The second kappa shape index (κ2) is 6.29. The van der Waals surface area contributed by atoms with E-state index in [1.165, 1.54) is 0 Å². The first kappa shape index (κ1) is 11.8. The van der Waals surface area contributed by atoms with E-state index in [0.717, 1.165) is 5.30 Å². The van der Waals surface area contributed by atoms with Gasteiger partial charge in [-0.05, 0) is 23.8 Å². The highest BCUT2D eigenvalue weighted by atomic mass is 35.7. The van der Waals surface area contributed by atoms with Gasteiger partial charge in [0.25, 0.3) is 0 Å².